The van der Waals surface area contributed by atoms with Crippen LogP contribution in [0.15, 0.2) is 60.7 Å². The van der Waals surface area contributed by atoms with E-state index >= 15 is 0 Å². The molecule has 0 aliphatic heterocycles. The maximum atomic E-state index is 10.1. The summed E-state index contributed by atoms with van der Waals surface area (Å²) >= 11 is 0. The lowest BCUT2D eigenvalue weighted by atomic mass is 10.0. The van der Waals surface area contributed by atoms with Gasteiger partial charge in [0.2, 0.25) is 0 Å². The Balaban J connectivity index is 2.17. The number of aromatic nitrogens is 1. The molecule has 0 bridgehead atoms. The van der Waals surface area contributed by atoms with Gasteiger partial charge in [0.05, 0.1) is 5.52 Å². The number of anilines is 1. The van der Waals surface area contributed by atoms with Crippen molar-refractivity contribution in [1.29, 1.82) is 0 Å². The molecule has 0 aliphatic rings. The maximum Gasteiger partial charge on any atom is 0.123 e. The van der Waals surface area contributed by atoms with Gasteiger partial charge >= 0.3 is 0 Å². The molecule has 0 aliphatic carbocycles. The highest BCUT2D eigenvalue weighted by atomic mass is 16.3. The summed E-state index contributed by atoms with van der Waals surface area (Å²) in [7, 11) is 0. The van der Waals surface area contributed by atoms with Crippen LogP contribution in [0.25, 0.3) is 32.9 Å². The van der Waals surface area contributed by atoms with E-state index in [-0.39, 0.29) is 5.75 Å². The SMILES string of the molecule is Nc1cc(-c2ccccc2O)c2[nH]c3ccccc3c2c1. The number of rotatable bonds is 1. The summed E-state index contributed by atoms with van der Waals surface area (Å²) in [5.74, 6) is 0.253. The zero-order valence-electron chi connectivity index (χ0n) is 11.3. The number of hydrogen-bond donors (Lipinski definition) is 3. The highest BCUT2D eigenvalue weighted by Gasteiger charge is 2.12. The molecule has 0 spiro atoms. The first kappa shape index (κ1) is 11.9. The molecule has 102 valence electrons. The summed E-state index contributed by atoms with van der Waals surface area (Å²) in [4.78, 5) is 3.43. The molecule has 3 heteroatoms. The van der Waals surface area contributed by atoms with Crippen molar-refractivity contribution in [3.8, 4) is 16.9 Å². The lowest BCUT2D eigenvalue weighted by Gasteiger charge is -2.07. The number of nitrogens with one attached hydrogen (secondary N) is 1. The Bertz CT molecular complexity index is 969. The van der Waals surface area contributed by atoms with Crippen LogP contribution in [0.3, 0.4) is 0 Å². The highest BCUT2D eigenvalue weighted by Crippen LogP contribution is 2.38. The topological polar surface area (TPSA) is 62.0 Å². The summed E-state index contributed by atoms with van der Waals surface area (Å²) in [5.41, 5.74) is 10.5. The maximum absolute atomic E-state index is 10.1. The first-order valence-corrected chi connectivity index (χ1v) is 6.82. The van der Waals surface area contributed by atoms with Crippen molar-refractivity contribution in [2.75, 3.05) is 5.73 Å². The van der Waals surface area contributed by atoms with Crippen molar-refractivity contribution in [3.63, 3.8) is 0 Å². The van der Waals surface area contributed by atoms with E-state index in [2.05, 4.69) is 11.1 Å². The van der Waals surface area contributed by atoms with Crippen LogP contribution in [0, 0.1) is 0 Å². The van der Waals surface area contributed by atoms with Crippen LogP contribution in [-0.4, -0.2) is 10.1 Å². The van der Waals surface area contributed by atoms with Gasteiger partial charge in [0.1, 0.15) is 5.75 Å². The van der Waals surface area contributed by atoms with Crippen molar-refractivity contribution >= 4 is 27.5 Å². The van der Waals surface area contributed by atoms with E-state index in [0.717, 1.165) is 32.9 Å². The number of phenols is 1. The molecule has 3 nitrogen and oxygen atoms in total. The number of nitrogen functional groups attached to an aromatic ring is 1. The van der Waals surface area contributed by atoms with Crippen LogP contribution in [0.1, 0.15) is 0 Å². The predicted octanol–water partition coefficient (Wildman–Crippen LogP) is 4.28. The van der Waals surface area contributed by atoms with Crippen LogP contribution in [0.2, 0.25) is 0 Å². The van der Waals surface area contributed by atoms with Gasteiger partial charge in [0.15, 0.2) is 0 Å². The Morgan fingerprint density at radius 3 is 2.43 bits per heavy atom. The van der Waals surface area contributed by atoms with E-state index in [9.17, 15) is 5.11 Å². The lowest BCUT2D eigenvalue weighted by Crippen LogP contribution is -1.88. The molecule has 0 atom stereocenters. The summed E-state index contributed by atoms with van der Waals surface area (Å²) < 4.78 is 0. The molecule has 4 N–H and O–H groups in total. The largest absolute Gasteiger partial charge is 0.507 e. The molecule has 4 aromatic rings. The molecular weight excluding hydrogens is 260 g/mol. The Labute approximate surface area is 121 Å². The number of nitrogens with two attached hydrogens (primary N) is 1. The molecule has 3 aromatic carbocycles. The van der Waals surface area contributed by atoms with Crippen LogP contribution in [0.4, 0.5) is 5.69 Å². The predicted molar refractivity (Wildman–Crippen MR) is 87.3 cm³/mol. The molecule has 0 amide bonds. The van der Waals surface area contributed by atoms with Gasteiger partial charge in [-0.25, -0.2) is 0 Å². The molecule has 1 aromatic heterocycles. The minimum Gasteiger partial charge on any atom is -0.507 e. The molecule has 0 saturated carbocycles. The van der Waals surface area contributed by atoms with Gasteiger partial charge in [-0.05, 0) is 24.3 Å². The third kappa shape index (κ3) is 1.75. The number of benzene rings is 3. The summed E-state index contributed by atoms with van der Waals surface area (Å²) in [6, 6.07) is 19.3. The van der Waals surface area contributed by atoms with Gasteiger partial charge in [0, 0.05) is 33.1 Å². The summed E-state index contributed by atoms with van der Waals surface area (Å²) in [5, 5.41) is 12.3. The monoisotopic (exact) mass is 274 g/mol. The van der Waals surface area contributed by atoms with Crippen molar-refractivity contribution < 1.29 is 5.11 Å². The molecule has 0 radical (unpaired) electrons. The Kier molecular flexibility index (Phi) is 2.42. The Morgan fingerprint density at radius 2 is 1.57 bits per heavy atom. The third-order valence-corrected chi connectivity index (χ3v) is 3.83. The lowest BCUT2D eigenvalue weighted by molar-refractivity contribution is 0.477. The van der Waals surface area contributed by atoms with Crippen molar-refractivity contribution in [1.82, 2.24) is 4.98 Å². The zero-order valence-corrected chi connectivity index (χ0v) is 11.3. The van der Waals surface area contributed by atoms with E-state index in [1.54, 1.807) is 6.07 Å². The van der Waals surface area contributed by atoms with Gasteiger partial charge in [-0.15, -0.1) is 0 Å². The molecule has 0 saturated heterocycles. The van der Waals surface area contributed by atoms with E-state index in [4.69, 9.17) is 5.73 Å². The normalized spacial score (nSPS) is 11.2. The van der Waals surface area contributed by atoms with Crippen LogP contribution >= 0.6 is 0 Å². The van der Waals surface area contributed by atoms with Gasteiger partial charge in [-0.3, -0.25) is 0 Å². The second-order valence-corrected chi connectivity index (χ2v) is 5.18. The van der Waals surface area contributed by atoms with Crippen LogP contribution in [0.5, 0.6) is 5.75 Å². The molecule has 4 rings (SSSR count). The number of para-hydroxylation sites is 2. The first-order valence-electron chi connectivity index (χ1n) is 6.82. The van der Waals surface area contributed by atoms with Gasteiger partial charge in [0.25, 0.3) is 0 Å². The van der Waals surface area contributed by atoms with Crippen LogP contribution < -0.4 is 5.73 Å². The smallest absolute Gasteiger partial charge is 0.123 e. The minimum absolute atomic E-state index is 0.253. The van der Waals surface area contributed by atoms with Gasteiger partial charge in [-0.1, -0.05) is 36.4 Å². The van der Waals surface area contributed by atoms with E-state index < -0.39 is 0 Å². The Hall–Kier alpha value is -2.94. The quantitative estimate of drug-likeness (QED) is 0.454. The standard InChI is InChI=1S/C18H14N2O/c19-11-9-14-12-5-1-3-7-16(12)20-18(14)15(10-11)13-6-2-4-8-17(13)21/h1-10,20-21H,19H2. The van der Waals surface area contributed by atoms with E-state index in [0.29, 0.717) is 5.69 Å². The minimum atomic E-state index is 0.253. The second-order valence-electron chi connectivity index (χ2n) is 5.18. The molecule has 1 heterocycles. The fourth-order valence-corrected chi connectivity index (χ4v) is 2.89. The first-order chi connectivity index (χ1) is 10.2. The summed E-state index contributed by atoms with van der Waals surface area (Å²) in [6.45, 7) is 0. The van der Waals surface area contributed by atoms with Crippen molar-refractivity contribution in [2.24, 2.45) is 0 Å². The number of aromatic amines is 1. The highest BCUT2D eigenvalue weighted by molar-refractivity contribution is 6.13. The Morgan fingerprint density at radius 1 is 0.810 bits per heavy atom. The summed E-state index contributed by atoms with van der Waals surface area (Å²) in [6.07, 6.45) is 0. The number of hydrogen-bond acceptors (Lipinski definition) is 2. The van der Waals surface area contributed by atoms with Crippen molar-refractivity contribution in [2.45, 2.75) is 0 Å². The number of phenolic OH excluding ortho intramolecular Hbond substituents is 1. The average molecular weight is 274 g/mol. The van der Waals surface area contributed by atoms with Gasteiger partial charge in [-0.2, -0.15) is 0 Å². The van der Waals surface area contributed by atoms with Crippen molar-refractivity contribution in [3.05, 3.63) is 60.7 Å². The fourth-order valence-electron chi connectivity index (χ4n) is 2.89. The van der Waals surface area contributed by atoms with E-state index in [1.807, 2.05) is 48.5 Å². The molecular formula is C18H14N2O. The second kappa shape index (κ2) is 4.28. The van der Waals surface area contributed by atoms with E-state index in [1.165, 1.54) is 0 Å². The van der Waals surface area contributed by atoms with Crippen LogP contribution in [-0.2, 0) is 0 Å². The average Bonchev–Trinajstić information content (AvgIpc) is 2.86. The zero-order chi connectivity index (χ0) is 14.4. The molecule has 0 unspecified atom stereocenters. The molecule has 0 fully saturated rings. The molecule has 21 heavy (non-hydrogen) atoms. The number of H-pyrrole nitrogens is 1. The van der Waals surface area contributed by atoms with Gasteiger partial charge < -0.3 is 15.8 Å². The third-order valence-electron chi connectivity index (χ3n) is 3.83. The number of aromatic hydroxyl groups is 1. The number of fused-ring (bicyclic) bond motifs is 3. The fraction of sp³-hybridized carbons (Fsp3) is 0.